The Kier molecular flexibility index (Phi) is 6.26. The number of rotatable bonds is 7. The summed E-state index contributed by atoms with van der Waals surface area (Å²) in [4.78, 5) is 18.1. The van der Waals surface area contributed by atoms with Crippen LogP contribution in [0.25, 0.3) is 22.2 Å². The maximum absolute atomic E-state index is 13.2. The monoisotopic (exact) mass is 511 g/mol. The van der Waals surface area contributed by atoms with Crippen LogP contribution in [0.2, 0.25) is 0 Å². The van der Waals surface area contributed by atoms with Crippen LogP contribution in [0.4, 0.5) is 16.2 Å². The van der Waals surface area contributed by atoms with Gasteiger partial charge in [-0.1, -0.05) is 18.7 Å². The fourth-order valence-corrected chi connectivity index (χ4v) is 4.63. The van der Waals surface area contributed by atoms with E-state index in [0.717, 1.165) is 65.3 Å². The van der Waals surface area contributed by atoms with Gasteiger partial charge < -0.3 is 14.9 Å². The van der Waals surface area contributed by atoms with Crippen molar-refractivity contribution in [1.29, 1.82) is 0 Å². The first-order valence-electron chi connectivity index (χ1n) is 12.3. The van der Waals surface area contributed by atoms with Crippen LogP contribution in [0.1, 0.15) is 11.1 Å². The number of nitrogens with zero attached hydrogens (tertiary/aromatic N) is 9. The third kappa shape index (κ3) is 4.59. The smallest absolute Gasteiger partial charge is 0.225 e. The van der Waals surface area contributed by atoms with Crippen molar-refractivity contribution >= 4 is 22.9 Å². The molecule has 5 aromatic rings. The van der Waals surface area contributed by atoms with Gasteiger partial charge in [0.1, 0.15) is 17.7 Å². The summed E-state index contributed by atoms with van der Waals surface area (Å²) in [5, 5.41) is 17.8. The molecular weight excluding hydrogens is 485 g/mol. The fourth-order valence-electron chi connectivity index (χ4n) is 4.63. The van der Waals surface area contributed by atoms with Gasteiger partial charge in [0.2, 0.25) is 5.95 Å². The largest absolute Gasteiger partial charge is 0.394 e. The fraction of sp³-hybridized carbons (Fsp3) is 0.222. The summed E-state index contributed by atoms with van der Waals surface area (Å²) >= 11 is 0. The van der Waals surface area contributed by atoms with Crippen molar-refractivity contribution < 1.29 is 9.50 Å². The molecule has 0 saturated carbocycles. The molecule has 0 unspecified atom stereocenters. The molecule has 11 heteroatoms. The van der Waals surface area contributed by atoms with E-state index in [4.69, 9.17) is 5.11 Å². The lowest BCUT2D eigenvalue weighted by Gasteiger charge is -2.35. The molecule has 1 N–H and O–H groups in total. The maximum atomic E-state index is 13.2. The number of anilines is 2. The number of aliphatic hydroxyl groups is 1. The second-order valence-electron chi connectivity index (χ2n) is 9.09. The van der Waals surface area contributed by atoms with Crippen molar-refractivity contribution in [3.8, 4) is 11.1 Å². The Hall–Kier alpha value is -4.64. The first-order chi connectivity index (χ1) is 18.6. The van der Waals surface area contributed by atoms with Gasteiger partial charge in [0.05, 0.1) is 19.3 Å². The zero-order valence-electron chi connectivity index (χ0n) is 20.7. The van der Waals surface area contributed by atoms with Gasteiger partial charge in [-0.15, -0.1) is 0 Å². The van der Waals surface area contributed by atoms with E-state index in [-0.39, 0.29) is 12.4 Å². The van der Waals surface area contributed by atoms with Crippen LogP contribution in [-0.4, -0.2) is 72.2 Å². The lowest BCUT2D eigenvalue weighted by atomic mass is 10.0. The number of fused-ring (bicyclic) bond motifs is 1. The van der Waals surface area contributed by atoms with E-state index in [1.165, 1.54) is 12.1 Å². The molecule has 5 heterocycles. The average molecular weight is 512 g/mol. The van der Waals surface area contributed by atoms with E-state index >= 15 is 0 Å². The third-order valence-corrected chi connectivity index (χ3v) is 6.72. The van der Waals surface area contributed by atoms with Crippen LogP contribution in [0, 0.1) is 5.82 Å². The van der Waals surface area contributed by atoms with Gasteiger partial charge in [-0.05, 0) is 29.3 Å². The van der Waals surface area contributed by atoms with Gasteiger partial charge in [-0.25, -0.2) is 23.9 Å². The average Bonchev–Trinajstić information content (AvgIpc) is 3.61. The molecule has 192 valence electrons. The molecule has 10 nitrogen and oxygen atoms in total. The highest BCUT2D eigenvalue weighted by atomic mass is 19.1. The summed E-state index contributed by atoms with van der Waals surface area (Å²) < 4.78 is 16.8. The van der Waals surface area contributed by atoms with Crippen LogP contribution in [0.3, 0.4) is 0 Å². The molecule has 0 bridgehead atoms. The number of aliphatic hydroxyl groups excluding tert-OH is 1. The molecule has 1 aromatic carbocycles. The lowest BCUT2D eigenvalue weighted by molar-refractivity contribution is 0.269. The van der Waals surface area contributed by atoms with E-state index in [0.29, 0.717) is 12.5 Å². The highest BCUT2D eigenvalue weighted by Crippen LogP contribution is 2.28. The molecule has 6 rings (SSSR count). The quantitative estimate of drug-likeness (QED) is 0.356. The summed E-state index contributed by atoms with van der Waals surface area (Å²) in [6.07, 6.45) is 10.8. The van der Waals surface area contributed by atoms with E-state index in [1.807, 2.05) is 16.9 Å². The summed E-state index contributed by atoms with van der Waals surface area (Å²) in [5.74, 6) is 1.26. The number of hydrogen-bond acceptors (Lipinski definition) is 8. The molecule has 0 atom stereocenters. The minimum Gasteiger partial charge on any atom is -0.394 e. The van der Waals surface area contributed by atoms with Crippen LogP contribution >= 0.6 is 0 Å². The Labute approximate surface area is 218 Å². The molecule has 1 aliphatic rings. The second-order valence-corrected chi connectivity index (χ2v) is 9.09. The first kappa shape index (κ1) is 23.7. The number of piperazine rings is 1. The Bertz CT molecular complexity index is 1570. The van der Waals surface area contributed by atoms with Gasteiger partial charge >= 0.3 is 0 Å². The normalized spacial score (nSPS) is 13.8. The number of halogens is 1. The van der Waals surface area contributed by atoms with Gasteiger partial charge in [0, 0.05) is 67.7 Å². The molecule has 4 aromatic heterocycles. The summed E-state index contributed by atoms with van der Waals surface area (Å²) in [7, 11) is 0. The summed E-state index contributed by atoms with van der Waals surface area (Å²) in [6, 6.07) is 8.31. The van der Waals surface area contributed by atoms with Crippen LogP contribution < -0.4 is 9.80 Å². The van der Waals surface area contributed by atoms with Crippen molar-refractivity contribution in [1.82, 2.24) is 34.3 Å². The Morgan fingerprint density at radius 1 is 0.868 bits per heavy atom. The van der Waals surface area contributed by atoms with Gasteiger partial charge in [-0.3, -0.25) is 4.68 Å². The zero-order chi connectivity index (χ0) is 26.1. The zero-order valence-corrected chi connectivity index (χ0v) is 20.7. The van der Waals surface area contributed by atoms with Crippen LogP contribution in [0.5, 0.6) is 0 Å². The van der Waals surface area contributed by atoms with Gasteiger partial charge in [0.25, 0.3) is 0 Å². The highest BCUT2D eigenvalue weighted by molar-refractivity contribution is 5.78. The van der Waals surface area contributed by atoms with Crippen LogP contribution in [-0.2, 0) is 6.54 Å². The minimum atomic E-state index is -0.279. The van der Waals surface area contributed by atoms with E-state index in [1.54, 1.807) is 41.7 Å². The molecule has 1 saturated heterocycles. The van der Waals surface area contributed by atoms with E-state index in [2.05, 4.69) is 47.6 Å². The second kappa shape index (κ2) is 10.0. The maximum Gasteiger partial charge on any atom is 0.225 e. The number of benzene rings is 1. The Balaban J connectivity index is 1.14. The molecule has 0 spiro atoms. The predicted molar refractivity (Wildman–Crippen MR) is 142 cm³/mol. The van der Waals surface area contributed by atoms with Crippen molar-refractivity contribution in [2.75, 3.05) is 42.6 Å². The first-order valence-corrected chi connectivity index (χ1v) is 12.3. The number of aromatic nitrogens is 7. The van der Waals surface area contributed by atoms with Gasteiger partial charge in [-0.2, -0.15) is 10.2 Å². The summed E-state index contributed by atoms with van der Waals surface area (Å²) in [6.45, 7) is 7.62. The molecule has 0 radical (unpaired) electrons. The molecule has 0 amide bonds. The van der Waals surface area contributed by atoms with Crippen molar-refractivity contribution in [3.63, 3.8) is 0 Å². The van der Waals surface area contributed by atoms with Gasteiger partial charge in [0.15, 0.2) is 5.82 Å². The van der Waals surface area contributed by atoms with Crippen LogP contribution in [0.15, 0.2) is 74.2 Å². The minimum absolute atomic E-state index is 0.0426. The Morgan fingerprint density at radius 2 is 1.61 bits per heavy atom. The molecule has 1 aliphatic heterocycles. The molecule has 38 heavy (non-hydrogen) atoms. The van der Waals surface area contributed by atoms with Crippen molar-refractivity contribution in [3.05, 3.63) is 91.2 Å². The standard InChI is InChI=1S/C27H26FN9O/c1-19(20-2-4-24(28)5-3-20)22-13-29-27(30-14-22)35-8-6-34(7-9-35)26-25-12-21(17-37(25)33-18-31-26)23-15-32-36(16-23)10-11-38/h2-5,12-18,38H,1,6-11H2. The van der Waals surface area contributed by atoms with Crippen molar-refractivity contribution in [2.24, 2.45) is 0 Å². The SMILES string of the molecule is C=C(c1ccc(F)cc1)c1cnc(N2CCN(c3ncnn4cc(-c5cnn(CCO)c5)cc34)CC2)nc1. The predicted octanol–water partition coefficient (Wildman–Crippen LogP) is 2.90. The Morgan fingerprint density at radius 3 is 2.34 bits per heavy atom. The number of hydrogen-bond donors (Lipinski definition) is 1. The van der Waals surface area contributed by atoms with Crippen molar-refractivity contribution in [2.45, 2.75) is 6.54 Å². The summed E-state index contributed by atoms with van der Waals surface area (Å²) in [5.41, 5.74) is 5.26. The lowest BCUT2D eigenvalue weighted by Crippen LogP contribution is -2.47. The third-order valence-electron chi connectivity index (χ3n) is 6.72. The molecular formula is C27H26FN9O. The topological polar surface area (TPSA) is 100 Å². The highest BCUT2D eigenvalue weighted by Gasteiger charge is 2.22. The van der Waals surface area contributed by atoms with E-state index < -0.39 is 0 Å². The molecule has 1 fully saturated rings. The molecule has 0 aliphatic carbocycles. The van der Waals surface area contributed by atoms with E-state index in [9.17, 15) is 4.39 Å².